The molecule has 1 aromatic rings. The third-order valence-electron chi connectivity index (χ3n) is 2.45. The maximum absolute atomic E-state index is 10.7. The molecule has 0 spiro atoms. The van der Waals surface area contributed by atoms with Gasteiger partial charge in [0.1, 0.15) is 0 Å². The van der Waals surface area contributed by atoms with Gasteiger partial charge in [-0.05, 0) is 25.5 Å². The number of aryl methyl sites for hydroxylation is 1. The quantitative estimate of drug-likeness (QED) is 0.528. The Bertz CT molecular complexity index is 358. The molecule has 0 aliphatic rings. The van der Waals surface area contributed by atoms with Gasteiger partial charge in [-0.3, -0.25) is 4.68 Å². The number of rotatable bonds is 8. The summed E-state index contributed by atoms with van der Waals surface area (Å²) in [6, 6.07) is 1.90. The van der Waals surface area contributed by atoms with Crippen molar-refractivity contribution < 1.29 is 9.90 Å². The van der Waals surface area contributed by atoms with E-state index in [-0.39, 0.29) is 0 Å². The van der Waals surface area contributed by atoms with Crippen LogP contribution < -0.4 is 5.32 Å². The summed E-state index contributed by atoms with van der Waals surface area (Å²) in [6.07, 6.45) is 6.96. The van der Waals surface area contributed by atoms with E-state index in [1.807, 2.05) is 23.9 Å². The summed E-state index contributed by atoms with van der Waals surface area (Å²) in [5.74, 6) is -0.828. The first-order chi connectivity index (χ1) is 8.24. The standard InChI is InChI=1S/C12H19N3O2/c1-2-11(12(16)17)5-8-13-6-3-9-15-10-4-7-14-15/h4-5,7,10,13H,2-3,6,8-9H2,1H3,(H,16,17)/b11-5-. The molecular formula is C12H19N3O2. The second-order valence-electron chi connectivity index (χ2n) is 3.71. The van der Waals surface area contributed by atoms with Gasteiger partial charge in [0.25, 0.3) is 0 Å². The van der Waals surface area contributed by atoms with Crippen LogP contribution in [-0.4, -0.2) is 33.9 Å². The number of carboxylic acids is 1. The zero-order chi connectivity index (χ0) is 12.5. The summed E-state index contributed by atoms with van der Waals surface area (Å²) < 4.78 is 1.88. The molecule has 5 nitrogen and oxygen atoms in total. The molecule has 5 heteroatoms. The summed E-state index contributed by atoms with van der Waals surface area (Å²) in [5.41, 5.74) is 0.463. The van der Waals surface area contributed by atoms with E-state index < -0.39 is 5.97 Å². The average molecular weight is 237 g/mol. The summed E-state index contributed by atoms with van der Waals surface area (Å²) in [7, 11) is 0. The van der Waals surface area contributed by atoms with E-state index >= 15 is 0 Å². The van der Waals surface area contributed by atoms with Gasteiger partial charge in [-0.1, -0.05) is 13.0 Å². The average Bonchev–Trinajstić information content (AvgIpc) is 2.80. The van der Waals surface area contributed by atoms with Crippen molar-refractivity contribution in [3.8, 4) is 0 Å². The van der Waals surface area contributed by atoms with Gasteiger partial charge in [0.2, 0.25) is 0 Å². The molecule has 0 fully saturated rings. The molecule has 0 bridgehead atoms. The lowest BCUT2D eigenvalue weighted by Crippen LogP contribution is -2.18. The van der Waals surface area contributed by atoms with Crippen molar-refractivity contribution in [2.45, 2.75) is 26.3 Å². The van der Waals surface area contributed by atoms with E-state index in [0.29, 0.717) is 18.5 Å². The molecule has 0 unspecified atom stereocenters. The minimum Gasteiger partial charge on any atom is -0.478 e. The lowest BCUT2D eigenvalue weighted by Gasteiger charge is -2.03. The first kappa shape index (κ1) is 13.4. The molecule has 0 saturated carbocycles. The van der Waals surface area contributed by atoms with Crippen molar-refractivity contribution >= 4 is 5.97 Å². The zero-order valence-corrected chi connectivity index (χ0v) is 10.1. The molecule has 0 atom stereocenters. The third-order valence-corrected chi connectivity index (χ3v) is 2.45. The van der Waals surface area contributed by atoms with Crippen LogP contribution in [-0.2, 0) is 11.3 Å². The highest BCUT2D eigenvalue weighted by molar-refractivity contribution is 5.86. The smallest absolute Gasteiger partial charge is 0.331 e. The lowest BCUT2D eigenvalue weighted by molar-refractivity contribution is -0.132. The number of nitrogens with zero attached hydrogens (tertiary/aromatic N) is 2. The predicted molar refractivity (Wildman–Crippen MR) is 65.7 cm³/mol. The molecule has 2 N–H and O–H groups in total. The fraction of sp³-hybridized carbons (Fsp3) is 0.500. The Kier molecular flexibility index (Phi) is 6.03. The van der Waals surface area contributed by atoms with Gasteiger partial charge in [-0.15, -0.1) is 0 Å². The Hall–Kier alpha value is -1.62. The van der Waals surface area contributed by atoms with Crippen molar-refractivity contribution in [3.63, 3.8) is 0 Å². The first-order valence-corrected chi connectivity index (χ1v) is 5.84. The van der Waals surface area contributed by atoms with Crippen LogP contribution in [0, 0.1) is 0 Å². The first-order valence-electron chi connectivity index (χ1n) is 5.84. The van der Waals surface area contributed by atoms with Gasteiger partial charge < -0.3 is 10.4 Å². The van der Waals surface area contributed by atoms with Gasteiger partial charge in [0.15, 0.2) is 0 Å². The van der Waals surface area contributed by atoms with Gasteiger partial charge in [-0.2, -0.15) is 5.10 Å². The Morgan fingerprint density at radius 3 is 3.00 bits per heavy atom. The normalized spacial score (nSPS) is 11.7. The van der Waals surface area contributed by atoms with Crippen molar-refractivity contribution in [3.05, 3.63) is 30.1 Å². The maximum Gasteiger partial charge on any atom is 0.331 e. The van der Waals surface area contributed by atoms with Gasteiger partial charge in [0.05, 0.1) is 0 Å². The van der Waals surface area contributed by atoms with E-state index in [1.54, 1.807) is 12.3 Å². The molecule has 0 aliphatic heterocycles. The summed E-state index contributed by atoms with van der Waals surface area (Å²) in [5, 5.41) is 16.1. The number of carboxylic acid groups (broad SMARTS) is 1. The van der Waals surface area contributed by atoms with Gasteiger partial charge in [0, 0.05) is 31.1 Å². The number of aliphatic carboxylic acids is 1. The Morgan fingerprint density at radius 1 is 1.59 bits per heavy atom. The van der Waals surface area contributed by atoms with Crippen molar-refractivity contribution in [2.24, 2.45) is 0 Å². The molecule has 0 aromatic carbocycles. The van der Waals surface area contributed by atoms with Crippen LogP contribution >= 0.6 is 0 Å². The Morgan fingerprint density at radius 2 is 2.41 bits per heavy atom. The summed E-state index contributed by atoms with van der Waals surface area (Å²) in [4.78, 5) is 10.7. The predicted octanol–water partition coefficient (Wildman–Crippen LogP) is 1.28. The molecule has 0 radical (unpaired) electrons. The second-order valence-corrected chi connectivity index (χ2v) is 3.71. The minimum atomic E-state index is -0.828. The highest BCUT2D eigenvalue weighted by Gasteiger charge is 2.02. The monoisotopic (exact) mass is 237 g/mol. The van der Waals surface area contributed by atoms with Crippen LogP contribution in [0.15, 0.2) is 30.1 Å². The number of nitrogens with one attached hydrogen (secondary N) is 1. The fourth-order valence-electron chi connectivity index (χ4n) is 1.48. The molecule has 0 amide bonds. The molecular weight excluding hydrogens is 218 g/mol. The molecule has 1 aromatic heterocycles. The van der Waals surface area contributed by atoms with Crippen molar-refractivity contribution in [1.29, 1.82) is 0 Å². The minimum absolute atomic E-state index is 0.463. The lowest BCUT2D eigenvalue weighted by atomic mass is 10.2. The van der Waals surface area contributed by atoms with Crippen LogP contribution in [0.2, 0.25) is 0 Å². The molecule has 0 saturated heterocycles. The summed E-state index contributed by atoms with van der Waals surface area (Å²) in [6.45, 7) is 4.18. The molecule has 17 heavy (non-hydrogen) atoms. The zero-order valence-electron chi connectivity index (χ0n) is 10.1. The maximum atomic E-state index is 10.7. The highest BCUT2D eigenvalue weighted by atomic mass is 16.4. The third kappa shape index (κ3) is 5.31. The number of hydrogen-bond donors (Lipinski definition) is 2. The summed E-state index contributed by atoms with van der Waals surface area (Å²) >= 11 is 0. The highest BCUT2D eigenvalue weighted by Crippen LogP contribution is 1.98. The topological polar surface area (TPSA) is 67.2 Å². The van der Waals surface area contributed by atoms with Gasteiger partial charge in [-0.25, -0.2) is 4.79 Å². The second kappa shape index (κ2) is 7.62. The fourth-order valence-corrected chi connectivity index (χ4v) is 1.48. The van der Waals surface area contributed by atoms with Crippen LogP contribution in [0.25, 0.3) is 0 Å². The van der Waals surface area contributed by atoms with E-state index in [9.17, 15) is 4.79 Å². The molecule has 1 heterocycles. The van der Waals surface area contributed by atoms with E-state index in [1.165, 1.54) is 0 Å². The largest absolute Gasteiger partial charge is 0.478 e. The van der Waals surface area contributed by atoms with Crippen LogP contribution in [0.5, 0.6) is 0 Å². The SMILES string of the molecule is CC/C(=C/CNCCCn1cccn1)C(=O)O. The molecule has 0 aliphatic carbocycles. The molecule has 1 rings (SSSR count). The van der Waals surface area contributed by atoms with Crippen LogP contribution in [0.3, 0.4) is 0 Å². The van der Waals surface area contributed by atoms with E-state index in [0.717, 1.165) is 19.5 Å². The molecule has 94 valence electrons. The van der Waals surface area contributed by atoms with Crippen molar-refractivity contribution in [1.82, 2.24) is 15.1 Å². The Labute approximate surface area is 101 Å². The number of carbonyl (C=O) groups is 1. The Balaban J connectivity index is 2.10. The van der Waals surface area contributed by atoms with Gasteiger partial charge >= 0.3 is 5.97 Å². The van der Waals surface area contributed by atoms with Crippen LogP contribution in [0.4, 0.5) is 0 Å². The van der Waals surface area contributed by atoms with Crippen molar-refractivity contribution in [2.75, 3.05) is 13.1 Å². The van der Waals surface area contributed by atoms with E-state index in [2.05, 4.69) is 10.4 Å². The van der Waals surface area contributed by atoms with E-state index in [4.69, 9.17) is 5.11 Å². The van der Waals surface area contributed by atoms with Crippen LogP contribution in [0.1, 0.15) is 19.8 Å². The number of hydrogen-bond acceptors (Lipinski definition) is 3. The number of aromatic nitrogens is 2.